The minimum Gasteiger partial charge on any atom is -0.480 e. The van der Waals surface area contributed by atoms with E-state index in [4.69, 9.17) is 5.11 Å². The summed E-state index contributed by atoms with van der Waals surface area (Å²) in [5.74, 6) is -0.758. The third-order valence-corrected chi connectivity index (χ3v) is 1.59. The first-order chi connectivity index (χ1) is 5.29. The highest BCUT2D eigenvalue weighted by molar-refractivity contribution is 5.69. The van der Waals surface area contributed by atoms with Gasteiger partial charge in [0.1, 0.15) is 0 Å². The predicted octanol–water partition coefficient (Wildman–Crippen LogP) is -1.52. The molecule has 0 spiro atoms. The van der Waals surface area contributed by atoms with Crippen molar-refractivity contribution in [2.45, 2.75) is 0 Å². The van der Waals surface area contributed by atoms with E-state index in [2.05, 4.69) is 10.9 Å². The van der Waals surface area contributed by atoms with E-state index in [9.17, 15) is 4.79 Å². The van der Waals surface area contributed by atoms with E-state index in [0.29, 0.717) is 0 Å². The Bertz CT molecular complexity index is 132. The van der Waals surface area contributed by atoms with Crippen molar-refractivity contribution in [1.29, 1.82) is 0 Å². The molecule has 5 nitrogen and oxygen atoms in total. The lowest BCUT2D eigenvalue weighted by Gasteiger charge is -2.15. The summed E-state index contributed by atoms with van der Waals surface area (Å²) in [6, 6.07) is 0. The summed E-state index contributed by atoms with van der Waals surface area (Å²) < 4.78 is 0. The van der Waals surface area contributed by atoms with Crippen molar-refractivity contribution in [3.63, 3.8) is 0 Å². The number of carboxylic acids is 1. The van der Waals surface area contributed by atoms with Crippen LogP contribution in [0.5, 0.6) is 0 Å². The minimum atomic E-state index is -0.758. The molecule has 0 aromatic heterocycles. The molecule has 0 bridgehead atoms. The third-order valence-electron chi connectivity index (χ3n) is 1.59. The topological polar surface area (TPSA) is 64.6 Å². The third kappa shape index (κ3) is 3.31. The van der Waals surface area contributed by atoms with Gasteiger partial charge in [0.25, 0.3) is 0 Å². The van der Waals surface area contributed by atoms with Gasteiger partial charge in [0, 0.05) is 26.2 Å². The van der Waals surface area contributed by atoms with Crippen LogP contribution >= 0.6 is 0 Å². The van der Waals surface area contributed by atoms with Crippen molar-refractivity contribution in [3.8, 4) is 0 Å². The molecule has 0 radical (unpaired) electrons. The molecule has 0 aromatic carbocycles. The molecule has 0 atom stereocenters. The van der Waals surface area contributed by atoms with Gasteiger partial charge in [0.05, 0.1) is 6.54 Å². The zero-order valence-electron chi connectivity index (χ0n) is 6.34. The Morgan fingerprint density at radius 3 is 2.36 bits per heavy atom. The van der Waals surface area contributed by atoms with Crippen molar-refractivity contribution in [1.82, 2.24) is 15.8 Å². The van der Waals surface area contributed by atoms with Crippen molar-refractivity contribution in [3.05, 3.63) is 0 Å². The number of hydrazine groups is 1. The average molecular weight is 159 g/mol. The lowest BCUT2D eigenvalue weighted by atomic mass is 10.4. The van der Waals surface area contributed by atoms with Crippen molar-refractivity contribution >= 4 is 5.97 Å². The second-order valence-electron chi connectivity index (χ2n) is 2.52. The van der Waals surface area contributed by atoms with Gasteiger partial charge in [0.15, 0.2) is 0 Å². The Morgan fingerprint density at radius 2 is 1.91 bits per heavy atom. The van der Waals surface area contributed by atoms with Crippen LogP contribution in [0, 0.1) is 0 Å². The Kier molecular flexibility index (Phi) is 3.28. The first kappa shape index (κ1) is 8.45. The maximum atomic E-state index is 10.3. The minimum absolute atomic E-state index is 0.142. The molecule has 0 saturated carbocycles. The van der Waals surface area contributed by atoms with Crippen LogP contribution in [0.15, 0.2) is 0 Å². The second-order valence-corrected chi connectivity index (χ2v) is 2.52. The average Bonchev–Trinajstić information content (AvgIpc) is 2.14. The highest BCUT2D eigenvalue weighted by Crippen LogP contribution is 1.87. The number of nitrogens with one attached hydrogen (secondary N) is 2. The fraction of sp³-hybridized carbons (Fsp3) is 0.833. The molecule has 1 saturated heterocycles. The van der Waals surface area contributed by atoms with Gasteiger partial charge >= 0.3 is 5.97 Å². The molecule has 11 heavy (non-hydrogen) atoms. The van der Waals surface area contributed by atoms with Crippen LogP contribution in [0.1, 0.15) is 0 Å². The quantitative estimate of drug-likeness (QED) is 0.457. The standard InChI is InChI=1S/C6H13N3O2/c10-6(11)5-9-3-1-7-8-2-4-9/h7-8H,1-5H2,(H,10,11). The molecule has 1 aliphatic rings. The Balaban J connectivity index is 2.25. The van der Waals surface area contributed by atoms with Gasteiger partial charge in [-0.1, -0.05) is 0 Å². The normalized spacial score (nSPS) is 21.1. The maximum absolute atomic E-state index is 10.3. The van der Waals surface area contributed by atoms with Crippen LogP contribution < -0.4 is 10.9 Å². The lowest BCUT2D eigenvalue weighted by molar-refractivity contribution is -0.138. The summed E-state index contributed by atoms with van der Waals surface area (Å²) in [6.45, 7) is 3.32. The van der Waals surface area contributed by atoms with Gasteiger partial charge in [-0.15, -0.1) is 0 Å². The van der Waals surface area contributed by atoms with E-state index in [-0.39, 0.29) is 6.54 Å². The van der Waals surface area contributed by atoms with Gasteiger partial charge in [-0.05, 0) is 0 Å². The van der Waals surface area contributed by atoms with Gasteiger partial charge in [-0.2, -0.15) is 0 Å². The van der Waals surface area contributed by atoms with Crippen LogP contribution in [0.4, 0.5) is 0 Å². The summed E-state index contributed by atoms with van der Waals surface area (Å²) in [5.41, 5.74) is 5.93. The largest absolute Gasteiger partial charge is 0.480 e. The number of hydrogen-bond donors (Lipinski definition) is 3. The highest BCUT2D eigenvalue weighted by Gasteiger charge is 2.10. The highest BCUT2D eigenvalue weighted by atomic mass is 16.4. The molecule has 1 aliphatic heterocycles. The van der Waals surface area contributed by atoms with Crippen LogP contribution in [0.25, 0.3) is 0 Å². The van der Waals surface area contributed by atoms with E-state index in [1.54, 1.807) is 0 Å². The molecule has 3 N–H and O–H groups in total. The Labute approximate surface area is 65.3 Å². The Hall–Kier alpha value is -0.650. The fourth-order valence-electron chi connectivity index (χ4n) is 1.07. The molecule has 5 heteroatoms. The van der Waals surface area contributed by atoms with Crippen molar-refractivity contribution in [2.24, 2.45) is 0 Å². The maximum Gasteiger partial charge on any atom is 0.317 e. The van der Waals surface area contributed by atoms with Gasteiger partial charge < -0.3 is 5.11 Å². The van der Waals surface area contributed by atoms with Crippen molar-refractivity contribution < 1.29 is 9.90 Å². The smallest absolute Gasteiger partial charge is 0.317 e. The van der Waals surface area contributed by atoms with Crippen molar-refractivity contribution in [2.75, 3.05) is 32.7 Å². The van der Waals surface area contributed by atoms with E-state index in [1.165, 1.54) is 0 Å². The first-order valence-electron chi connectivity index (χ1n) is 3.69. The Morgan fingerprint density at radius 1 is 1.36 bits per heavy atom. The van der Waals surface area contributed by atoms with Gasteiger partial charge in [0.2, 0.25) is 0 Å². The number of carboxylic acid groups (broad SMARTS) is 1. The van der Waals surface area contributed by atoms with Crippen LogP contribution in [0.3, 0.4) is 0 Å². The number of carbonyl (C=O) groups is 1. The molecule has 64 valence electrons. The van der Waals surface area contributed by atoms with E-state index < -0.39 is 5.97 Å². The number of rotatable bonds is 2. The molecule has 1 heterocycles. The second kappa shape index (κ2) is 4.27. The first-order valence-corrected chi connectivity index (χ1v) is 3.69. The molecule has 0 amide bonds. The summed E-state index contributed by atoms with van der Waals surface area (Å²) in [4.78, 5) is 12.2. The fourth-order valence-corrected chi connectivity index (χ4v) is 1.07. The SMILES string of the molecule is O=C(O)CN1CCNNCC1. The number of nitrogens with zero attached hydrogens (tertiary/aromatic N) is 1. The summed E-state index contributed by atoms with van der Waals surface area (Å²) in [5, 5.41) is 8.48. The zero-order chi connectivity index (χ0) is 8.10. The molecule has 1 rings (SSSR count). The van der Waals surface area contributed by atoms with Crippen LogP contribution in [-0.4, -0.2) is 48.7 Å². The number of hydrogen-bond acceptors (Lipinski definition) is 4. The monoisotopic (exact) mass is 159 g/mol. The zero-order valence-corrected chi connectivity index (χ0v) is 6.34. The van der Waals surface area contributed by atoms with E-state index >= 15 is 0 Å². The molecule has 0 aliphatic carbocycles. The van der Waals surface area contributed by atoms with E-state index in [0.717, 1.165) is 26.2 Å². The molecule has 0 unspecified atom stereocenters. The van der Waals surface area contributed by atoms with Gasteiger partial charge in [-0.25, -0.2) is 0 Å². The van der Waals surface area contributed by atoms with Crippen LogP contribution in [-0.2, 0) is 4.79 Å². The molecular formula is C6H13N3O2. The molecule has 1 fully saturated rings. The molecular weight excluding hydrogens is 146 g/mol. The van der Waals surface area contributed by atoms with Gasteiger partial charge in [-0.3, -0.25) is 20.5 Å². The predicted molar refractivity (Wildman–Crippen MR) is 40.1 cm³/mol. The van der Waals surface area contributed by atoms with Crippen LogP contribution in [0.2, 0.25) is 0 Å². The summed E-state index contributed by atoms with van der Waals surface area (Å²) in [7, 11) is 0. The van der Waals surface area contributed by atoms with E-state index in [1.807, 2.05) is 4.90 Å². The molecule has 0 aromatic rings. The summed E-state index contributed by atoms with van der Waals surface area (Å²) in [6.07, 6.45) is 0. The number of aliphatic carboxylic acids is 1. The lowest BCUT2D eigenvalue weighted by Crippen LogP contribution is -2.33. The summed E-state index contributed by atoms with van der Waals surface area (Å²) >= 11 is 0.